The van der Waals surface area contributed by atoms with Gasteiger partial charge in [0.25, 0.3) is 5.91 Å². The Morgan fingerprint density at radius 2 is 1.77 bits per heavy atom. The fraction of sp³-hybridized carbons (Fsp3) is 0.0833. The molecule has 3 aromatic rings. The Kier molecular flexibility index (Phi) is 6.61. The Morgan fingerprint density at radius 3 is 2.48 bits per heavy atom. The Hall–Kier alpha value is -2.80. The fourth-order valence-corrected chi connectivity index (χ4v) is 4.44. The van der Waals surface area contributed by atoms with Gasteiger partial charge in [-0.2, -0.15) is 0 Å². The van der Waals surface area contributed by atoms with Crippen molar-refractivity contribution in [1.29, 1.82) is 0 Å². The van der Waals surface area contributed by atoms with Crippen molar-refractivity contribution in [2.24, 2.45) is 0 Å². The molecule has 0 N–H and O–H groups in total. The second kappa shape index (κ2) is 9.56. The van der Waals surface area contributed by atoms with Crippen LogP contribution in [0, 0.1) is 0 Å². The standard InChI is InChI=1S/C24H18ClNO3S2/c1-28-20-11-9-19(10-12-20)26-23(27)22(31-24(26)30)14-17-3-2-4-21(13-17)29-15-16-5-7-18(25)8-6-16/h2-14H,15H2,1H3/b22-14+. The molecule has 7 heteroatoms. The van der Waals surface area contributed by atoms with E-state index in [0.717, 1.165) is 16.9 Å². The SMILES string of the molecule is COc1ccc(N2C(=O)/C(=C\c3cccc(OCc4ccc(Cl)cc4)c3)SC2=S)cc1. The van der Waals surface area contributed by atoms with Gasteiger partial charge >= 0.3 is 0 Å². The van der Waals surface area contributed by atoms with E-state index in [1.54, 1.807) is 19.2 Å². The van der Waals surface area contributed by atoms with Crippen LogP contribution in [0.3, 0.4) is 0 Å². The Bertz CT molecular complexity index is 1140. The summed E-state index contributed by atoms with van der Waals surface area (Å²) < 4.78 is 11.6. The smallest absolute Gasteiger partial charge is 0.270 e. The first-order valence-corrected chi connectivity index (χ1v) is 11.0. The van der Waals surface area contributed by atoms with Gasteiger partial charge in [0.1, 0.15) is 18.1 Å². The van der Waals surface area contributed by atoms with Crippen molar-refractivity contribution in [3.8, 4) is 11.5 Å². The topological polar surface area (TPSA) is 38.8 Å². The Balaban J connectivity index is 1.49. The average molecular weight is 468 g/mol. The molecule has 0 aliphatic carbocycles. The molecule has 31 heavy (non-hydrogen) atoms. The molecule has 156 valence electrons. The highest BCUT2D eigenvalue weighted by Crippen LogP contribution is 2.36. The molecule has 0 bridgehead atoms. The minimum absolute atomic E-state index is 0.146. The van der Waals surface area contributed by atoms with Crippen LogP contribution in [0.5, 0.6) is 11.5 Å². The lowest BCUT2D eigenvalue weighted by molar-refractivity contribution is -0.113. The molecule has 1 heterocycles. The molecule has 1 amide bonds. The van der Waals surface area contributed by atoms with Crippen molar-refractivity contribution in [2.75, 3.05) is 12.0 Å². The Morgan fingerprint density at radius 1 is 1.03 bits per heavy atom. The average Bonchev–Trinajstić information content (AvgIpc) is 3.06. The first-order valence-electron chi connectivity index (χ1n) is 9.43. The van der Waals surface area contributed by atoms with Gasteiger partial charge in [-0.05, 0) is 65.7 Å². The zero-order valence-electron chi connectivity index (χ0n) is 16.6. The monoisotopic (exact) mass is 467 g/mol. The molecule has 3 aromatic carbocycles. The van der Waals surface area contributed by atoms with Crippen molar-refractivity contribution >= 4 is 57.6 Å². The highest BCUT2D eigenvalue weighted by Gasteiger charge is 2.33. The molecule has 0 spiro atoms. The van der Waals surface area contributed by atoms with Crippen molar-refractivity contribution in [3.05, 3.63) is 93.9 Å². The van der Waals surface area contributed by atoms with Crippen LogP contribution in [0.1, 0.15) is 11.1 Å². The van der Waals surface area contributed by atoms with E-state index < -0.39 is 0 Å². The van der Waals surface area contributed by atoms with Crippen LogP contribution in [0.4, 0.5) is 5.69 Å². The number of amides is 1. The molecule has 0 radical (unpaired) electrons. The lowest BCUT2D eigenvalue weighted by atomic mass is 10.2. The second-order valence-corrected chi connectivity index (χ2v) is 8.81. The number of anilines is 1. The van der Waals surface area contributed by atoms with Crippen molar-refractivity contribution in [1.82, 2.24) is 0 Å². The van der Waals surface area contributed by atoms with E-state index in [1.165, 1.54) is 16.7 Å². The fourth-order valence-electron chi connectivity index (χ4n) is 3.01. The third-order valence-corrected chi connectivity index (χ3v) is 6.15. The summed E-state index contributed by atoms with van der Waals surface area (Å²) in [5.41, 5.74) is 2.60. The van der Waals surface area contributed by atoms with Crippen LogP contribution < -0.4 is 14.4 Å². The van der Waals surface area contributed by atoms with Gasteiger partial charge in [0, 0.05) is 5.02 Å². The van der Waals surface area contributed by atoms with E-state index in [0.29, 0.717) is 32.3 Å². The maximum absolute atomic E-state index is 13.0. The molecule has 4 rings (SSSR count). The molecular weight excluding hydrogens is 450 g/mol. The summed E-state index contributed by atoms with van der Waals surface area (Å²) in [6, 6.07) is 22.4. The van der Waals surface area contributed by atoms with E-state index in [-0.39, 0.29) is 5.91 Å². The van der Waals surface area contributed by atoms with Crippen LogP contribution in [-0.2, 0) is 11.4 Å². The number of ether oxygens (including phenoxy) is 2. The molecule has 0 aromatic heterocycles. The summed E-state index contributed by atoms with van der Waals surface area (Å²) in [5, 5.41) is 0.692. The van der Waals surface area contributed by atoms with E-state index in [1.807, 2.05) is 66.7 Å². The Labute approximate surface area is 195 Å². The summed E-state index contributed by atoms with van der Waals surface area (Å²) in [5.74, 6) is 1.29. The van der Waals surface area contributed by atoms with Gasteiger partial charge in [-0.3, -0.25) is 9.69 Å². The van der Waals surface area contributed by atoms with Crippen LogP contribution in [-0.4, -0.2) is 17.3 Å². The highest BCUT2D eigenvalue weighted by atomic mass is 35.5. The summed E-state index contributed by atoms with van der Waals surface area (Å²) >= 11 is 12.7. The maximum Gasteiger partial charge on any atom is 0.270 e. The number of thiocarbonyl (C=S) groups is 1. The number of methoxy groups -OCH3 is 1. The van der Waals surface area contributed by atoms with Gasteiger partial charge in [0.05, 0.1) is 17.7 Å². The predicted molar refractivity (Wildman–Crippen MR) is 131 cm³/mol. The summed E-state index contributed by atoms with van der Waals surface area (Å²) in [6.45, 7) is 0.431. The van der Waals surface area contributed by atoms with E-state index in [2.05, 4.69) is 0 Å². The number of halogens is 1. The predicted octanol–water partition coefficient (Wildman–Crippen LogP) is 6.33. The third-order valence-electron chi connectivity index (χ3n) is 4.60. The molecule has 1 saturated heterocycles. The van der Waals surface area contributed by atoms with Gasteiger partial charge in [-0.15, -0.1) is 0 Å². The first-order chi connectivity index (χ1) is 15.0. The molecule has 0 atom stereocenters. The number of rotatable bonds is 6. The normalized spacial score (nSPS) is 14.9. The summed E-state index contributed by atoms with van der Waals surface area (Å²) in [4.78, 5) is 15.1. The van der Waals surface area contributed by atoms with Crippen LogP contribution >= 0.6 is 35.6 Å². The third kappa shape index (κ3) is 5.10. The molecule has 4 nitrogen and oxygen atoms in total. The zero-order chi connectivity index (χ0) is 21.8. The van der Waals surface area contributed by atoms with E-state index in [9.17, 15) is 4.79 Å². The van der Waals surface area contributed by atoms with Crippen LogP contribution in [0.25, 0.3) is 6.08 Å². The number of carbonyl (C=O) groups excluding carboxylic acids is 1. The van der Waals surface area contributed by atoms with Gasteiger partial charge in [-0.25, -0.2) is 0 Å². The summed E-state index contributed by atoms with van der Waals surface area (Å²) in [6.07, 6.45) is 1.83. The molecule has 1 aliphatic heterocycles. The van der Waals surface area contributed by atoms with Crippen LogP contribution in [0.15, 0.2) is 77.7 Å². The van der Waals surface area contributed by atoms with Crippen molar-refractivity contribution in [3.63, 3.8) is 0 Å². The van der Waals surface area contributed by atoms with Gasteiger partial charge in [0.15, 0.2) is 4.32 Å². The van der Waals surface area contributed by atoms with Crippen molar-refractivity contribution < 1.29 is 14.3 Å². The highest BCUT2D eigenvalue weighted by molar-refractivity contribution is 8.27. The molecular formula is C24H18ClNO3S2. The largest absolute Gasteiger partial charge is 0.497 e. The number of hydrogen-bond acceptors (Lipinski definition) is 5. The quantitative estimate of drug-likeness (QED) is 0.312. The van der Waals surface area contributed by atoms with Gasteiger partial charge in [-0.1, -0.05) is 59.8 Å². The van der Waals surface area contributed by atoms with Crippen LogP contribution in [0.2, 0.25) is 5.02 Å². The lowest BCUT2D eigenvalue weighted by Crippen LogP contribution is -2.27. The number of carbonyl (C=O) groups is 1. The molecule has 1 aliphatic rings. The number of benzene rings is 3. The lowest BCUT2D eigenvalue weighted by Gasteiger charge is -2.14. The number of nitrogens with zero attached hydrogens (tertiary/aromatic N) is 1. The second-order valence-electron chi connectivity index (χ2n) is 6.70. The minimum atomic E-state index is -0.146. The molecule has 0 saturated carbocycles. The van der Waals surface area contributed by atoms with Gasteiger partial charge < -0.3 is 9.47 Å². The minimum Gasteiger partial charge on any atom is -0.497 e. The number of hydrogen-bond donors (Lipinski definition) is 0. The van der Waals surface area contributed by atoms with Gasteiger partial charge in [0.2, 0.25) is 0 Å². The van der Waals surface area contributed by atoms with E-state index in [4.69, 9.17) is 33.3 Å². The van der Waals surface area contributed by atoms with Crippen molar-refractivity contribution in [2.45, 2.75) is 6.61 Å². The zero-order valence-corrected chi connectivity index (χ0v) is 19.0. The molecule has 0 unspecified atom stereocenters. The maximum atomic E-state index is 13.0. The number of thioether (sulfide) groups is 1. The van der Waals surface area contributed by atoms with E-state index >= 15 is 0 Å². The first kappa shape index (κ1) is 21.4. The molecule has 1 fully saturated rings. The summed E-state index contributed by atoms with van der Waals surface area (Å²) in [7, 11) is 1.60.